The monoisotopic (exact) mass is 370 g/mol. The lowest BCUT2D eigenvalue weighted by Gasteiger charge is -2.13. The smallest absolute Gasteiger partial charge is 0.178 e. The molecule has 2 aromatic heterocycles. The third-order valence-electron chi connectivity index (χ3n) is 3.28. The van der Waals surface area contributed by atoms with Gasteiger partial charge in [0.15, 0.2) is 4.77 Å². The minimum Gasteiger partial charge on any atom is -0.331 e. The first kappa shape index (κ1) is 14.0. The summed E-state index contributed by atoms with van der Waals surface area (Å²) in [6.07, 6.45) is 0.886. The number of thiophene rings is 1. The molecule has 0 aliphatic carbocycles. The highest BCUT2D eigenvalue weighted by Crippen LogP contribution is 2.27. The molecule has 0 saturated heterocycles. The maximum Gasteiger partial charge on any atom is 0.178 e. The standard InChI is InChI=1S/C14H12BrFN2S2/c1-8(5-9-3-2-4-20-9)18-13-7-11(16)10(15)6-12(13)17-14(18)19/h2-4,6-8H,5H2,1H3,(H,17,19). The van der Waals surface area contributed by atoms with Crippen molar-refractivity contribution in [3.63, 3.8) is 0 Å². The quantitative estimate of drug-likeness (QED) is 0.606. The molecule has 0 amide bonds. The summed E-state index contributed by atoms with van der Waals surface area (Å²) >= 11 is 10.3. The van der Waals surface area contributed by atoms with E-state index >= 15 is 0 Å². The third kappa shape index (κ3) is 2.47. The van der Waals surface area contributed by atoms with Crippen molar-refractivity contribution in [2.24, 2.45) is 0 Å². The van der Waals surface area contributed by atoms with Crippen molar-refractivity contribution in [2.75, 3.05) is 0 Å². The zero-order valence-electron chi connectivity index (χ0n) is 10.7. The zero-order valence-corrected chi connectivity index (χ0v) is 13.9. The fraction of sp³-hybridized carbons (Fsp3) is 0.214. The molecule has 20 heavy (non-hydrogen) atoms. The summed E-state index contributed by atoms with van der Waals surface area (Å²) < 4.78 is 16.8. The third-order valence-corrected chi connectivity index (χ3v) is 5.08. The average Bonchev–Trinajstić information content (AvgIpc) is 2.97. The van der Waals surface area contributed by atoms with Gasteiger partial charge < -0.3 is 9.55 Å². The second kappa shape index (κ2) is 5.42. The predicted molar refractivity (Wildman–Crippen MR) is 87.5 cm³/mol. The van der Waals surface area contributed by atoms with Gasteiger partial charge in [-0.2, -0.15) is 0 Å². The minimum atomic E-state index is -0.274. The summed E-state index contributed by atoms with van der Waals surface area (Å²) in [7, 11) is 0. The van der Waals surface area contributed by atoms with Crippen molar-refractivity contribution in [2.45, 2.75) is 19.4 Å². The largest absolute Gasteiger partial charge is 0.331 e. The van der Waals surface area contributed by atoms with E-state index < -0.39 is 0 Å². The number of hydrogen-bond donors (Lipinski definition) is 1. The zero-order chi connectivity index (χ0) is 14.3. The van der Waals surface area contributed by atoms with E-state index in [-0.39, 0.29) is 11.9 Å². The van der Waals surface area contributed by atoms with Crippen molar-refractivity contribution in [1.82, 2.24) is 9.55 Å². The molecule has 1 N–H and O–H groups in total. The van der Waals surface area contributed by atoms with Crippen LogP contribution in [0.25, 0.3) is 11.0 Å². The van der Waals surface area contributed by atoms with E-state index in [1.165, 1.54) is 10.9 Å². The maximum absolute atomic E-state index is 13.8. The van der Waals surface area contributed by atoms with Crippen molar-refractivity contribution < 1.29 is 4.39 Å². The number of aromatic nitrogens is 2. The summed E-state index contributed by atoms with van der Waals surface area (Å²) in [6.45, 7) is 2.10. The highest BCUT2D eigenvalue weighted by atomic mass is 79.9. The Balaban J connectivity index is 2.08. The number of halogens is 2. The first-order chi connectivity index (χ1) is 9.56. The van der Waals surface area contributed by atoms with Gasteiger partial charge in [-0.3, -0.25) is 0 Å². The Bertz CT molecular complexity index is 805. The molecule has 0 saturated carbocycles. The Morgan fingerprint density at radius 1 is 1.50 bits per heavy atom. The van der Waals surface area contributed by atoms with Gasteiger partial charge in [0.2, 0.25) is 0 Å². The van der Waals surface area contributed by atoms with Gasteiger partial charge in [-0.15, -0.1) is 11.3 Å². The first-order valence-corrected chi connectivity index (χ1v) is 8.26. The molecule has 0 radical (unpaired) electrons. The second-order valence-corrected chi connectivity index (χ2v) is 6.99. The maximum atomic E-state index is 13.8. The summed E-state index contributed by atoms with van der Waals surface area (Å²) in [4.78, 5) is 4.44. The number of benzene rings is 1. The van der Waals surface area contributed by atoms with Crippen LogP contribution in [0.1, 0.15) is 17.8 Å². The summed E-state index contributed by atoms with van der Waals surface area (Å²) in [6, 6.07) is 7.58. The number of nitrogens with zero attached hydrogens (tertiary/aromatic N) is 1. The summed E-state index contributed by atoms with van der Waals surface area (Å²) in [5.41, 5.74) is 1.65. The summed E-state index contributed by atoms with van der Waals surface area (Å²) in [5.74, 6) is -0.274. The molecule has 0 aliphatic heterocycles. The molecule has 1 atom stereocenters. The minimum absolute atomic E-state index is 0.176. The molecular weight excluding hydrogens is 359 g/mol. The van der Waals surface area contributed by atoms with Crippen LogP contribution in [-0.2, 0) is 6.42 Å². The molecule has 104 valence electrons. The van der Waals surface area contributed by atoms with Crippen LogP contribution in [0.4, 0.5) is 4.39 Å². The molecule has 1 aromatic carbocycles. The molecule has 0 spiro atoms. The van der Waals surface area contributed by atoms with Gasteiger partial charge in [0, 0.05) is 23.4 Å². The van der Waals surface area contributed by atoms with Gasteiger partial charge in [-0.25, -0.2) is 4.39 Å². The second-order valence-electron chi connectivity index (χ2n) is 4.72. The number of imidazole rings is 1. The van der Waals surface area contributed by atoms with Crippen LogP contribution in [0.3, 0.4) is 0 Å². The van der Waals surface area contributed by atoms with Crippen LogP contribution in [0, 0.1) is 10.6 Å². The van der Waals surface area contributed by atoms with E-state index in [4.69, 9.17) is 12.2 Å². The van der Waals surface area contributed by atoms with Crippen LogP contribution in [0.2, 0.25) is 0 Å². The number of H-pyrrole nitrogens is 1. The lowest BCUT2D eigenvalue weighted by Crippen LogP contribution is -2.07. The highest BCUT2D eigenvalue weighted by Gasteiger charge is 2.14. The number of hydrogen-bond acceptors (Lipinski definition) is 2. The van der Waals surface area contributed by atoms with E-state index in [2.05, 4.69) is 39.3 Å². The van der Waals surface area contributed by atoms with Crippen LogP contribution < -0.4 is 0 Å². The Kier molecular flexibility index (Phi) is 3.79. The van der Waals surface area contributed by atoms with Gasteiger partial charge in [0.1, 0.15) is 5.82 Å². The molecule has 0 fully saturated rings. The van der Waals surface area contributed by atoms with Crippen molar-refractivity contribution in [3.8, 4) is 0 Å². The highest BCUT2D eigenvalue weighted by molar-refractivity contribution is 9.10. The molecule has 0 aliphatic rings. The Morgan fingerprint density at radius 2 is 2.30 bits per heavy atom. The average molecular weight is 371 g/mol. The van der Waals surface area contributed by atoms with Crippen molar-refractivity contribution in [1.29, 1.82) is 0 Å². The number of rotatable bonds is 3. The first-order valence-electron chi connectivity index (χ1n) is 6.18. The molecule has 1 unspecified atom stereocenters. The number of nitrogens with one attached hydrogen (secondary N) is 1. The Labute approximate surface area is 133 Å². The Morgan fingerprint density at radius 3 is 3.00 bits per heavy atom. The van der Waals surface area contributed by atoms with E-state index in [0.717, 1.165) is 17.5 Å². The van der Waals surface area contributed by atoms with Crippen molar-refractivity contribution >= 4 is 50.5 Å². The van der Waals surface area contributed by atoms with Gasteiger partial charge in [0.25, 0.3) is 0 Å². The van der Waals surface area contributed by atoms with Gasteiger partial charge in [-0.05, 0) is 52.6 Å². The molecule has 3 rings (SSSR count). The lowest BCUT2D eigenvalue weighted by atomic mass is 10.2. The van der Waals surface area contributed by atoms with Crippen LogP contribution in [-0.4, -0.2) is 9.55 Å². The summed E-state index contributed by atoms with van der Waals surface area (Å²) in [5, 5.41) is 2.06. The fourth-order valence-corrected chi connectivity index (χ4v) is 3.93. The van der Waals surface area contributed by atoms with Crippen molar-refractivity contribution in [3.05, 3.63) is 49.6 Å². The topological polar surface area (TPSA) is 20.7 Å². The lowest BCUT2D eigenvalue weighted by molar-refractivity contribution is 0.555. The fourth-order valence-electron chi connectivity index (χ4n) is 2.37. The van der Waals surface area contributed by atoms with Gasteiger partial charge >= 0.3 is 0 Å². The van der Waals surface area contributed by atoms with E-state index in [0.29, 0.717) is 9.24 Å². The molecule has 0 bridgehead atoms. The van der Waals surface area contributed by atoms with Crippen LogP contribution >= 0.6 is 39.5 Å². The predicted octanol–water partition coefficient (Wildman–Crippen LogP) is 5.47. The number of aromatic amines is 1. The molecule has 6 heteroatoms. The molecule has 3 aromatic rings. The molecular formula is C14H12BrFN2S2. The van der Waals surface area contributed by atoms with Gasteiger partial charge in [0.05, 0.1) is 15.5 Å². The Hall–Kier alpha value is -0.980. The van der Waals surface area contributed by atoms with E-state index in [1.807, 2.05) is 10.6 Å². The normalized spacial score (nSPS) is 12.9. The number of fused-ring (bicyclic) bond motifs is 1. The molecule has 2 heterocycles. The van der Waals surface area contributed by atoms with Crippen LogP contribution in [0.15, 0.2) is 34.1 Å². The van der Waals surface area contributed by atoms with Crippen LogP contribution in [0.5, 0.6) is 0 Å². The van der Waals surface area contributed by atoms with E-state index in [1.54, 1.807) is 17.4 Å². The van der Waals surface area contributed by atoms with Gasteiger partial charge in [-0.1, -0.05) is 6.07 Å². The molecule has 2 nitrogen and oxygen atoms in total. The SMILES string of the molecule is CC(Cc1cccs1)n1c(=S)[nH]c2cc(Br)c(F)cc21. The van der Waals surface area contributed by atoms with E-state index in [9.17, 15) is 4.39 Å².